The van der Waals surface area contributed by atoms with Crippen LogP contribution >= 0.6 is 0 Å². The number of benzene rings is 1. The average molecular weight is 277 g/mol. The van der Waals surface area contributed by atoms with Gasteiger partial charge in [-0.1, -0.05) is 0 Å². The molecule has 0 bridgehead atoms. The van der Waals surface area contributed by atoms with Crippen LogP contribution in [0.15, 0.2) is 18.2 Å². The van der Waals surface area contributed by atoms with Crippen LogP contribution in [0.2, 0.25) is 0 Å². The van der Waals surface area contributed by atoms with Crippen molar-refractivity contribution >= 4 is 17.5 Å². The first-order chi connectivity index (χ1) is 9.70. The monoisotopic (exact) mass is 277 g/mol. The highest BCUT2D eigenvalue weighted by atomic mass is 16.5. The Morgan fingerprint density at radius 3 is 3.00 bits per heavy atom. The quantitative estimate of drug-likeness (QED) is 0.620. The molecule has 108 valence electrons. The molecule has 6 heteroatoms. The summed E-state index contributed by atoms with van der Waals surface area (Å²) < 4.78 is 4.91. The summed E-state index contributed by atoms with van der Waals surface area (Å²) in [5.74, 6) is -0.152. The Morgan fingerprint density at radius 1 is 1.35 bits per heavy atom. The van der Waals surface area contributed by atoms with Crippen LogP contribution in [0, 0.1) is 0 Å². The summed E-state index contributed by atoms with van der Waals surface area (Å²) in [6.07, 6.45) is 0.342. The van der Waals surface area contributed by atoms with E-state index in [1.807, 2.05) is 0 Å². The lowest BCUT2D eigenvalue weighted by Gasteiger charge is -2.07. The highest BCUT2D eigenvalue weighted by Gasteiger charge is 2.18. The highest BCUT2D eigenvalue weighted by Crippen LogP contribution is 2.23. The number of hydrogen-bond donors (Lipinski definition) is 3. The molecule has 0 saturated heterocycles. The Balaban J connectivity index is 1.79. The Hall–Kier alpha value is -1.92. The maximum atomic E-state index is 11.9. The van der Waals surface area contributed by atoms with E-state index in [1.54, 1.807) is 25.3 Å². The Labute approximate surface area is 117 Å². The SMILES string of the molecule is COCCNCCNC(=O)c1ccc2c(c1)CC(=O)N2. The molecule has 20 heavy (non-hydrogen) atoms. The van der Waals surface area contributed by atoms with Gasteiger partial charge in [-0.25, -0.2) is 0 Å². The van der Waals surface area contributed by atoms with E-state index in [9.17, 15) is 9.59 Å². The second kappa shape index (κ2) is 7.02. The third kappa shape index (κ3) is 3.79. The first kappa shape index (κ1) is 14.5. The molecule has 1 aromatic rings. The van der Waals surface area contributed by atoms with Crippen LogP contribution < -0.4 is 16.0 Å². The van der Waals surface area contributed by atoms with Crippen LogP contribution in [0.25, 0.3) is 0 Å². The summed E-state index contributed by atoms with van der Waals surface area (Å²) in [6.45, 7) is 2.66. The predicted molar refractivity (Wildman–Crippen MR) is 75.9 cm³/mol. The molecule has 2 amide bonds. The molecule has 0 atom stereocenters. The summed E-state index contributed by atoms with van der Waals surface area (Å²) in [4.78, 5) is 23.2. The van der Waals surface area contributed by atoms with Crippen molar-refractivity contribution in [1.29, 1.82) is 0 Å². The van der Waals surface area contributed by atoms with Crippen LogP contribution in [0.1, 0.15) is 15.9 Å². The van der Waals surface area contributed by atoms with Gasteiger partial charge in [-0.2, -0.15) is 0 Å². The number of amides is 2. The Morgan fingerprint density at radius 2 is 2.20 bits per heavy atom. The van der Waals surface area contributed by atoms with Gasteiger partial charge >= 0.3 is 0 Å². The molecule has 2 rings (SSSR count). The first-order valence-electron chi connectivity index (χ1n) is 6.61. The maximum absolute atomic E-state index is 11.9. The minimum atomic E-state index is -0.124. The largest absolute Gasteiger partial charge is 0.383 e. The van der Waals surface area contributed by atoms with Gasteiger partial charge in [-0.3, -0.25) is 9.59 Å². The smallest absolute Gasteiger partial charge is 0.251 e. The van der Waals surface area contributed by atoms with Crippen LogP contribution in [-0.4, -0.2) is 45.2 Å². The van der Waals surface area contributed by atoms with Gasteiger partial charge in [0.05, 0.1) is 13.0 Å². The third-order valence-corrected chi connectivity index (χ3v) is 3.06. The van der Waals surface area contributed by atoms with E-state index in [0.29, 0.717) is 31.7 Å². The number of carbonyl (C=O) groups excluding carboxylic acids is 2. The van der Waals surface area contributed by atoms with Crippen molar-refractivity contribution in [2.45, 2.75) is 6.42 Å². The molecule has 0 fully saturated rings. The lowest BCUT2D eigenvalue weighted by atomic mass is 10.1. The second-order valence-corrected chi connectivity index (χ2v) is 4.60. The number of fused-ring (bicyclic) bond motifs is 1. The summed E-state index contributed by atoms with van der Waals surface area (Å²) in [5, 5.41) is 8.72. The molecule has 1 aliphatic heterocycles. The molecule has 0 aromatic heterocycles. The van der Waals surface area contributed by atoms with E-state index < -0.39 is 0 Å². The van der Waals surface area contributed by atoms with Crippen molar-refractivity contribution in [3.63, 3.8) is 0 Å². The molecule has 3 N–H and O–H groups in total. The zero-order chi connectivity index (χ0) is 14.4. The molecule has 6 nitrogen and oxygen atoms in total. The molecular formula is C14H19N3O3. The predicted octanol–water partition coefficient (Wildman–Crippen LogP) is 0.147. The summed E-state index contributed by atoms with van der Waals surface area (Å²) in [6, 6.07) is 5.25. The standard InChI is InChI=1S/C14H19N3O3/c1-20-7-6-15-4-5-16-14(19)10-2-3-12-11(8-10)9-13(18)17-12/h2-3,8,15H,4-7,9H2,1H3,(H,16,19)(H,17,18). The third-order valence-electron chi connectivity index (χ3n) is 3.06. The normalized spacial score (nSPS) is 12.9. The fourth-order valence-corrected chi connectivity index (χ4v) is 2.04. The second-order valence-electron chi connectivity index (χ2n) is 4.60. The lowest BCUT2D eigenvalue weighted by molar-refractivity contribution is -0.115. The van der Waals surface area contributed by atoms with Gasteiger partial charge in [0.25, 0.3) is 5.91 Å². The van der Waals surface area contributed by atoms with Gasteiger partial charge in [0.1, 0.15) is 0 Å². The Kier molecular flexibility index (Phi) is 5.09. The number of hydrogen-bond acceptors (Lipinski definition) is 4. The van der Waals surface area contributed by atoms with Crippen molar-refractivity contribution in [2.75, 3.05) is 38.7 Å². The van der Waals surface area contributed by atoms with Crippen molar-refractivity contribution in [3.05, 3.63) is 29.3 Å². The number of carbonyl (C=O) groups is 2. The van der Waals surface area contributed by atoms with E-state index in [2.05, 4.69) is 16.0 Å². The number of methoxy groups -OCH3 is 1. The highest BCUT2D eigenvalue weighted by molar-refractivity contribution is 6.01. The molecule has 0 unspecified atom stereocenters. The first-order valence-corrected chi connectivity index (χ1v) is 6.61. The van der Waals surface area contributed by atoms with Crippen LogP contribution in [-0.2, 0) is 16.0 Å². The van der Waals surface area contributed by atoms with Gasteiger partial charge in [0.2, 0.25) is 5.91 Å². The minimum absolute atomic E-state index is 0.0279. The molecule has 1 aromatic carbocycles. The summed E-state index contributed by atoms with van der Waals surface area (Å²) in [7, 11) is 1.65. The zero-order valence-corrected chi connectivity index (χ0v) is 11.5. The fraction of sp³-hybridized carbons (Fsp3) is 0.429. The van der Waals surface area contributed by atoms with Crippen molar-refractivity contribution in [1.82, 2.24) is 10.6 Å². The average Bonchev–Trinajstić information content (AvgIpc) is 2.81. The van der Waals surface area contributed by atoms with Gasteiger partial charge < -0.3 is 20.7 Å². The topological polar surface area (TPSA) is 79.5 Å². The molecule has 1 heterocycles. The van der Waals surface area contributed by atoms with E-state index in [0.717, 1.165) is 17.8 Å². The molecule has 0 aliphatic carbocycles. The zero-order valence-electron chi connectivity index (χ0n) is 11.5. The molecule has 0 saturated carbocycles. The number of anilines is 1. The van der Waals surface area contributed by atoms with Crippen LogP contribution in [0.4, 0.5) is 5.69 Å². The minimum Gasteiger partial charge on any atom is -0.383 e. The van der Waals surface area contributed by atoms with Gasteiger partial charge in [0, 0.05) is 38.0 Å². The molecule has 1 aliphatic rings. The number of nitrogens with one attached hydrogen (secondary N) is 3. The van der Waals surface area contributed by atoms with Crippen LogP contribution in [0.3, 0.4) is 0 Å². The molecular weight excluding hydrogens is 258 g/mol. The summed E-state index contributed by atoms with van der Waals surface area (Å²) >= 11 is 0. The van der Waals surface area contributed by atoms with E-state index in [1.165, 1.54) is 0 Å². The van der Waals surface area contributed by atoms with Crippen molar-refractivity contribution < 1.29 is 14.3 Å². The Bertz CT molecular complexity index is 502. The van der Waals surface area contributed by atoms with Crippen LogP contribution in [0.5, 0.6) is 0 Å². The summed E-state index contributed by atoms with van der Waals surface area (Å²) in [5.41, 5.74) is 2.26. The molecule has 0 radical (unpaired) electrons. The van der Waals surface area contributed by atoms with E-state index in [4.69, 9.17) is 4.74 Å². The van der Waals surface area contributed by atoms with E-state index >= 15 is 0 Å². The number of ether oxygens (including phenoxy) is 1. The van der Waals surface area contributed by atoms with E-state index in [-0.39, 0.29) is 11.8 Å². The lowest BCUT2D eigenvalue weighted by Crippen LogP contribution is -2.33. The van der Waals surface area contributed by atoms with Crippen molar-refractivity contribution in [3.8, 4) is 0 Å². The maximum Gasteiger partial charge on any atom is 0.251 e. The number of rotatable bonds is 7. The van der Waals surface area contributed by atoms with Gasteiger partial charge in [0.15, 0.2) is 0 Å². The van der Waals surface area contributed by atoms with Gasteiger partial charge in [-0.15, -0.1) is 0 Å². The molecule has 0 spiro atoms. The fourth-order valence-electron chi connectivity index (χ4n) is 2.04. The van der Waals surface area contributed by atoms with Crippen molar-refractivity contribution in [2.24, 2.45) is 0 Å². The van der Waals surface area contributed by atoms with Gasteiger partial charge in [-0.05, 0) is 23.8 Å².